The Morgan fingerprint density at radius 2 is 0.864 bits per heavy atom. The Morgan fingerprint density at radius 3 is 1.27 bits per heavy atom. The van der Waals surface area contributed by atoms with Crippen LogP contribution in [0.2, 0.25) is 0 Å². The third-order valence-corrected chi connectivity index (χ3v) is 4.97. The maximum atomic E-state index is 2.78. The SMILES string of the molecule is CCCCCCCC([CH]C(CCC)CCCCCC)CCC. The minimum atomic E-state index is 0.897. The summed E-state index contributed by atoms with van der Waals surface area (Å²) < 4.78 is 0. The standard InChI is InChI=1S/C22H45/c1-5-9-11-13-15-19-22(17-8-4)20-21(16-7-3)18-14-12-10-6-2/h20-22H,5-19H2,1-4H3. The van der Waals surface area contributed by atoms with Gasteiger partial charge < -0.3 is 0 Å². The summed E-state index contributed by atoms with van der Waals surface area (Å²) in [5, 5.41) is 0. The monoisotopic (exact) mass is 309 g/mol. The molecule has 0 heteroatoms. The van der Waals surface area contributed by atoms with Crippen LogP contribution < -0.4 is 0 Å². The van der Waals surface area contributed by atoms with Crippen molar-refractivity contribution < 1.29 is 0 Å². The quantitative estimate of drug-likeness (QED) is 0.237. The van der Waals surface area contributed by atoms with Gasteiger partial charge >= 0.3 is 0 Å². The van der Waals surface area contributed by atoms with Crippen LogP contribution in [0.15, 0.2) is 0 Å². The van der Waals surface area contributed by atoms with E-state index in [4.69, 9.17) is 0 Å². The van der Waals surface area contributed by atoms with Crippen molar-refractivity contribution in [2.75, 3.05) is 0 Å². The molecule has 0 spiro atoms. The number of hydrogen-bond acceptors (Lipinski definition) is 0. The van der Waals surface area contributed by atoms with Crippen LogP contribution in [0.3, 0.4) is 0 Å². The maximum absolute atomic E-state index is 2.78. The molecule has 1 radical (unpaired) electrons. The zero-order chi connectivity index (χ0) is 16.5. The fourth-order valence-corrected chi connectivity index (χ4v) is 3.64. The van der Waals surface area contributed by atoms with Crippen molar-refractivity contribution in [2.45, 2.75) is 124 Å². The van der Waals surface area contributed by atoms with Gasteiger partial charge in [0.25, 0.3) is 0 Å². The van der Waals surface area contributed by atoms with Gasteiger partial charge in [-0.25, -0.2) is 0 Å². The number of rotatable bonds is 17. The van der Waals surface area contributed by atoms with Crippen molar-refractivity contribution in [3.63, 3.8) is 0 Å². The molecular formula is C22H45. The topological polar surface area (TPSA) is 0 Å². The average molecular weight is 310 g/mol. The lowest BCUT2D eigenvalue weighted by Gasteiger charge is -2.23. The Hall–Kier alpha value is 0. The summed E-state index contributed by atoms with van der Waals surface area (Å²) >= 11 is 0. The Labute approximate surface area is 142 Å². The third-order valence-electron chi connectivity index (χ3n) is 4.97. The van der Waals surface area contributed by atoms with Crippen LogP contribution in [0.25, 0.3) is 0 Å². The number of hydrogen-bond donors (Lipinski definition) is 0. The van der Waals surface area contributed by atoms with E-state index in [0.29, 0.717) is 0 Å². The highest BCUT2D eigenvalue weighted by atomic mass is 14.2. The van der Waals surface area contributed by atoms with Crippen LogP contribution >= 0.6 is 0 Å². The molecule has 0 aromatic carbocycles. The molecule has 0 amide bonds. The second kappa shape index (κ2) is 17.4. The molecule has 0 aliphatic heterocycles. The normalized spacial score (nSPS) is 14.2. The summed E-state index contributed by atoms with van der Waals surface area (Å²) in [5.74, 6) is 1.79. The summed E-state index contributed by atoms with van der Waals surface area (Å²) in [4.78, 5) is 0. The highest BCUT2D eigenvalue weighted by molar-refractivity contribution is 4.83. The van der Waals surface area contributed by atoms with Gasteiger partial charge in [-0.15, -0.1) is 0 Å². The van der Waals surface area contributed by atoms with Crippen molar-refractivity contribution in [3.05, 3.63) is 6.42 Å². The lowest BCUT2D eigenvalue weighted by atomic mass is 9.83. The second-order valence-electron chi connectivity index (χ2n) is 7.34. The molecule has 0 heterocycles. The first-order valence-corrected chi connectivity index (χ1v) is 10.6. The zero-order valence-corrected chi connectivity index (χ0v) is 16.3. The van der Waals surface area contributed by atoms with Gasteiger partial charge in [0.2, 0.25) is 0 Å². The minimum Gasteiger partial charge on any atom is -0.0654 e. The van der Waals surface area contributed by atoms with E-state index in [9.17, 15) is 0 Å². The van der Waals surface area contributed by atoms with Crippen molar-refractivity contribution >= 4 is 0 Å². The molecular weight excluding hydrogens is 264 g/mol. The van der Waals surface area contributed by atoms with Crippen LogP contribution in [-0.2, 0) is 0 Å². The second-order valence-corrected chi connectivity index (χ2v) is 7.34. The first kappa shape index (κ1) is 22.0. The molecule has 0 aromatic rings. The van der Waals surface area contributed by atoms with Crippen LogP contribution in [0.4, 0.5) is 0 Å². The zero-order valence-electron chi connectivity index (χ0n) is 16.3. The van der Waals surface area contributed by atoms with E-state index in [2.05, 4.69) is 34.1 Å². The van der Waals surface area contributed by atoms with Gasteiger partial charge in [-0.2, -0.15) is 0 Å². The largest absolute Gasteiger partial charge is 0.0654 e. The highest BCUT2D eigenvalue weighted by Crippen LogP contribution is 2.28. The molecule has 22 heavy (non-hydrogen) atoms. The average Bonchev–Trinajstić information content (AvgIpc) is 2.51. The van der Waals surface area contributed by atoms with Gasteiger partial charge in [-0.05, 0) is 18.3 Å². The first-order chi connectivity index (χ1) is 10.8. The van der Waals surface area contributed by atoms with Gasteiger partial charge in [0, 0.05) is 0 Å². The first-order valence-electron chi connectivity index (χ1n) is 10.6. The van der Waals surface area contributed by atoms with Crippen LogP contribution in [0.5, 0.6) is 0 Å². The Kier molecular flexibility index (Phi) is 17.4. The lowest BCUT2D eigenvalue weighted by molar-refractivity contribution is 0.379. The molecule has 133 valence electrons. The van der Waals surface area contributed by atoms with E-state index < -0.39 is 0 Å². The smallest absolute Gasteiger partial charge is 0.0324 e. The van der Waals surface area contributed by atoms with Crippen molar-refractivity contribution in [1.82, 2.24) is 0 Å². The molecule has 0 rings (SSSR count). The fraction of sp³-hybridized carbons (Fsp3) is 0.955. The third kappa shape index (κ3) is 13.6. The molecule has 2 unspecified atom stereocenters. The van der Waals surface area contributed by atoms with Gasteiger partial charge in [0.05, 0.1) is 0 Å². The lowest BCUT2D eigenvalue weighted by Crippen LogP contribution is -2.11. The summed E-state index contributed by atoms with van der Waals surface area (Å²) in [7, 11) is 0. The molecule has 2 atom stereocenters. The maximum Gasteiger partial charge on any atom is -0.0324 e. The molecule has 0 saturated carbocycles. The Balaban J connectivity index is 4.03. The predicted molar refractivity (Wildman–Crippen MR) is 103 cm³/mol. The Morgan fingerprint density at radius 1 is 0.455 bits per heavy atom. The van der Waals surface area contributed by atoms with E-state index in [1.54, 1.807) is 0 Å². The van der Waals surface area contributed by atoms with Gasteiger partial charge in [0.1, 0.15) is 0 Å². The van der Waals surface area contributed by atoms with E-state index in [0.717, 1.165) is 11.8 Å². The van der Waals surface area contributed by atoms with Gasteiger partial charge in [0.15, 0.2) is 0 Å². The van der Waals surface area contributed by atoms with Crippen LogP contribution in [0, 0.1) is 18.3 Å². The van der Waals surface area contributed by atoms with Crippen LogP contribution in [0.1, 0.15) is 124 Å². The molecule has 0 fully saturated rings. The number of unbranched alkanes of at least 4 members (excludes halogenated alkanes) is 7. The molecule has 0 aliphatic carbocycles. The van der Waals surface area contributed by atoms with Gasteiger partial charge in [-0.1, -0.05) is 124 Å². The van der Waals surface area contributed by atoms with Crippen molar-refractivity contribution in [2.24, 2.45) is 11.8 Å². The van der Waals surface area contributed by atoms with E-state index in [-0.39, 0.29) is 0 Å². The molecule has 0 saturated heterocycles. The van der Waals surface area contributed by atoms with Crippen molar-refractivity contribution in [1.29, 1.82) is 0 Å². The molecule has 0 nitrogen and oxygen atoms in total. The van der Waals surface area contributed by atoms with E-state index in [1.165, 1.54) is 96.3 Å². The predicted octanol–water partition coefficient (Wildman–Crippen LogP) is 8.35. The summed E-state index contributed by atoms with van der Waals surface area (Å²) in [6.45, 7) is 9.33. The van der Waals surface area contributed by atoms with Crippen molar-refractivity contribution in [3.8, 4) is 0 Å². The Bertz CT molecular complexity index is 196. The highest BCUT2D eigenvalue weighted by Gasteiger charge is 2.15. The van der Waals surface area contributed by atoms with Gasteiger partial charge in [-0.3, -0.25) is 0 Å². The molecule has 0 N–H and O–H groups in total. The summed E-state index contributed by atoms with van der Waals surface area (Å²) in [6, 6.07) is 0. The molecule has 0 aromatic heterocycles. The molecule has 0 bridgehead atoms. The summed E-state index contributed by atoms with van der Waals surface area (Å²) in [6.07, 6.45) is 24.0. The fourth-order valence-electron chi connectivity index (χ4n) is 3.64. The van der Waals surface area contributed by atoms with E-state index in [1.807, 2.05) is 0 Å². The van der Waals surface area contributed by atoms with E-state index >= 15 is 0 Å². The minimum absolute atomic E-state index is 0.897. The molecule has 0 aliphatic rings. The summed E-state index contributed by atoms with van der Waals surface area (Å²) in [5.41, 5.74) is 0. The van der Waals surface area contributed by atoms with Crippen LogP contribution in [-0.4, -0.2) is 0 Å².